The van der Waals surface area contributed by atoms with Crippen LogP contribution in [-0.4, -0.2) is 23.9 Å². The van der Waals surface area contributed by atoms with Gasteiger partial charge in [0.1, 0.15) is 5.69 Å². The quantitative estimate of drug-likeness (QED) is 0.660. The first-order chi connectivity index (χ1) is 10.0. The third-order valence-corrected chi connectivity index (χ3v) is 4.01. The highest BCUT2D eigenvalue weighted by atomic mass is 16.6. The van der Waals surface area contributed by atoms with Gasteiger partial charge in [-0.05, 0) is 24.8 Å². The van der Waals surface area contributed by atoms with Crippen LogP contribution in [0.3, 0.4) is 0 Å². The lowest BCUT2D eigenvalue weighted by molar-refractivity contribution is -0.384. The zero-order chi connectivity index (χ0) is 15.4. The van der Waals surface area contributed by atoms with Gasteiger partial charge in [0.15, 0.2) is 0 Å². The summed E-state index contributed by atoms with van der Waals surface area (Å²) in [6.07, 6.45) is 4.25. The second-order valence-corrected chi connectivity index (χ2v) is 5.65. The van der Waals surface area contributed by atoms with E-state index in [2.05, 4.69) is 17.6 Å². The number of carbonyl (C=O) groups is 1. The predicted molar refractivity (Wildman–Crippen MR) is 81.5 cm³/mol. The zero-order valence-electron chi connectivity index (χ0n) is 12.4. The molecule has 1 saturated carbocycles. The molecular formula is C15H21N3O3. The van der Waals surface area contributed by atoms with Crippen LogP contribution in [0.15, 0.2) is 18.2 Å². The van der Waals surface area contributed by atoms with Crippen molar-refractivity contribution in [3.8, 4) is 0 Å². The molecule has 2 atom stereocenters. The number of nitro groups is 1. The molecule has 0 heterocycles. The van der Waals surface area contributed by atoms with Crippen molar-refractivity contribution in [1.29, 1.82) is 0 Å². The summed E-state index contributed by atoms with van der Waals surface area (Å²) in [6.45, 7) is 2.19. The number of amides is 1. The first kappa shape index (κ1) is 15.3. The van der Waals surface area contributed by atoms with Crippen LogP contribution >= 0.6 is 0 Å². The van der Waals surface area contributed by atoms with Crippen LogP contribution in [0.2, 0.25) is 0 Å². The van der Waals surface area contributed by atoms with Crippen molar-refractivity contribution >= 4 is 17.3 Å². The monoisotopic (exact) mass is 291 g/mol. The Kier molecular flexibility index (Phi) is 4.77. The lowest BCUT2D eigenvalue weighted by Crippen LogP contribution is -2.38. The number of para-hydroxylation sites is 1. The molecule has 21 heavy (non-hydrogen) atoms. The molecule has 6 nitrogen and oxygen atoms in total. The van der Waals surface area contributed by atoms with E-state index in [0.29, 0.717) is 11.5 Å². The highest BCUT2D eigenvalue weighted by molar-refractivity contribution is 6.01. The molecule has 0 radical (unpaired) electrons. The van der Waals surface area contributed by atoms with Crippen LogP contribution in [-0.2, 0) is 0 Å². The van der Waals surface area contributed by atoms with Gasteiger partial charge in [0, 0.05) is 19.2 Å². The number of carbonyl (C=O) groups excluding carboxylic acids is 1. The van der Waals surface area contributed by atoms with E-state index < -0.39 is 4.92 Å². The maximum Gasteiger partial charge on any atom is 0.293 e. The number of nitrogens with one attached hydrogen (secondary N) is 2. The summed E-state index contributed by atoms with van der Waals surface area (Å²) in [5.74, 6) is 0.361. The molecule has 0 saturated heterocycles. The minimum atomic E-state index is -0.481. The number of hydrogen-bond donors (Lipinski definition) is 2. The minimum Gasteiger partial charge on any atom is -0.382 e. The van der Waals surface area contributed by atoms with E-state index in [1.807, 2.05) is 0 Å². The van der Waals surface area contributed by atoms with Crippen molar-refractivity contribution < 1.29 is 9.72 Å². The topological polar surface area (TPSA) is 84.3 Å². The third kappa shape index (κ3) is 3.51. The third-order valence-electron chi connectivity index (χ3n) is 4.01. The highest BCUT2D eigenvalue weighted by Crippen LogP contribution is 2.29. The Bertz CT molecular complexity index is 545. The Labute approximate surface area is 124 Å². The van der Waals surface area contributed by atoms with Crippen molar-refractivity contribution in [1.82, 2.24) is 5.32 Å². The van der Waals surface area contributed by atoms with Gasteiger partial charge in [-0.2, -0.15) is 0 Å². The van der Waals surface area contributed by atoms with Gasteiger partial charge in [-0.3, -0.25) is 14.9 Å². The fourth-order valence-corrected chi connectivity index (χ4v) is 2.97. The van der Waals surface area contributed by atoms with Gasteiger partial charge in [0.05, 0.1) is 10.5 Å². The lowest BCUT2D eigenvalue weighted by Gasteiger charge is -2.27. The summed E-state index contributed by atoms with van der Waals surface area (Å²) < 4.78 is 0. The van der Waals surface area contributed by atoms with Gasteiger partial charge in [0.2, 0.25) is 0 Å². The Morgan fingerprint density at radius 1 is 1.38 bits per heavy atom. The van der Waals surface area contributed by atoms with Crippen LogP contribution in [0.4, 0.5) is 11.4 Å². The number of anilines is 1. The maximum atomic E-state index is 12.4. The van der Waals surface area contributed by atoms with Crippen LogP contribution in [0, 0.1) is 16.0 Å². The molecule has 6 heteroatoms. The largest absolute Gasteiger partial charge is 0.382 e. The second-order valence-electron chi connectivity index (χ2n) is 5.65. The lowest BCUT2D eigenvalue weighted by atomic mass is 9.87. The SMILES string of the molecule is CNc1c(C(=O)NC2CCCC(C)C2)cccc1[N+](=O)[O-]. The normalized spacial score (nSPS) is 21.6. The molecule has 0 aromatic heterocycles. The summed E-state index contributed by atoms with van der Waals surface area (Å²) >= 11 is 0. The Hall–Kier alpha value is -2.11. The fraction of sp³-hybridized carbons (Fsp3) is 0.533. The average molecular weight is 291 g/mol. The highest BCUT2D eigenvalue weighted by Gasteiger charge is 2.24. The summed E-state index contributed by atoms with van der Waals surface area (Å²) in [4.78, 5) is 22.9. The van der Waals surface area contributed by atoms with Crippen molar-refractivity contribution in [3.63, 3.8) is 0 Å². The molecular weight excluding hydrogens is 270 g/mol. The molecule has 0 bridgehead atoms. The fourth-order valence-electron chi connectivity index (χ4n) is 2.97. The Morgan fingerprint density at radius 2 is 2.14 bits per heavy atom. The summed E-state index contributed by atoms with van der Waals surface area (Å²) in [6, 6.07) is 4.70. The summed E-state index contributed by atoms with van der Waals surface area (Å²) in [5, 5.41) is 16.8. The van der Waals surface area contributed by atoms with Crippen LogP contribution in [0.25, 0.3) is 0 Å². The summed E-state index contributed by atoms with van der Waals surface area (Å²) in [7, 11) is 1.59. The molecule has 1 aromatic rings. The van der Waals surface area contributed by atoms with E-state index >= 15 is 0 Å². The van der Waals surface area contributed by atoms with Crippen molar-refractivity contribution in [3.05, 3.63) is 33.9 Å². The first-order valence-electron chi connectivity index (χ1n) is 7.29. The Balaban J connectivity index is 2.19. The van der Waals surface area contributed by atoms with E-state index in [4.69, 9.17) is 0 Å². The number of hydrogen-bond acceptors (Lipinski definition) is 4. The molecule has 2 rings (SSSR count). The maximum absolute atomic E-state index is 12.4. The molecule has 1 amide bonds. The van der Waals surface area contributed by atoms with Gasteiger partial charge in [-0.1, -0.05) is 25.8 Å². The average Bonchev–Trinajstić information content (AvgIpc) is 2.46. The van der Waals surface area contributed by atoms with Crippen LogP contribution in [0.1, 0.15) is 43.0 Å². The number of nitrogens with zero attached hydrogens (tertiary/aromatic N) is 1. The van der Waals surface area contributed by atoms with Crippen molar-refractivity contribution in [2.24, 2.45) is 5.92 Å². The first-order valence-corrected chi connectivity index (χ1v) is 7.29. The van der Waals surface area contributed by atoms with Gasteiger partial charge < -0.3 is 10.6 Å². The molecule has 1 aliphatic carbocycles. The van der Waals surface area contributed by atoms with E-state index in [-0.39, 0.29) is 23.3 Å². The molecule has 2 unspecified atom stereocenters. The van der Waals surface area contributed by atoms with E-state index in [1.54, 1.807) is 13.1 Å². The van der Waals surface area contributed by atoms with Crippen LogP contribution in [0.5, 0.6) is 0 Å². The number of rotatable bonds is 4. The molecule has 114 valence electrons. The van der Waals surface area contributed by atoms with Crippen molar-refractivity contribution in [2.75, 3.05) is 12.4 Å². The number of nitro benzene ring substituents is 1. The molecule has 1 fully saturated rings. The molecule has 1 aromatic carbocycles. The van der Waals surface area contributed by atoms with Crippen LogP contribution < -0.4 is 10.6 Å². The number of benzene rings is 1. The van der Waals surface area contributed by atoms with E-state index in [0.717, 1.165) is 19.3 Å². The minimum absolute atomic E-state index is 0.0813. The van der Waals surface area contributed by atoms with Gasteiger partial charge >= 0.3 is 0 Å². The van der Waals surface area contributed by atoms with Gasteiger partial charge in [0.25, 0.3) is 11.6 Å². The molecule has 0 spiro atoms. The molecule has 2 N–H and O–H groups in total. The van der Waals surface area contributed by atoms with E-state index in [1.165, 1.54) is 18.6 Å². The Morgan fingerprint density at radius 3 is 2.76 bits per heavy atom. The zero-order valence-corrected chi connectivity index (χ0v) is 12.4. The van der Waals surface area contributed by atoms with Gasteiger partial charge in [-0.25, -0.2) is 0 Å². The summed E-state index contributed by atoms with van der Waals surface area (Å²) in [5.41, 5.74) is 0.510. The smallest absolute Gasteiger partial charge is 0.293 e. The van der Waals surface area contributed by atoms with Gasteiger partial charge in [-0.15, -0.1) is 0 Å². The standard InChI is InChI=1S/C15H21N3O3/c1-10-5-3-6-11(9-10)17-15(19)12-7-4-8-13(18(20)21)14(12)16-2/h4,7-8,10-11,16H,3,5-6,9H2,1-2H3,(H,17,19). The predicted octanol–water partition coefficient (Wildman–Crippen LogP) is 2.95. The second kappa shape index (κ2) is 6.56. The molecule has 0 aliphatic heterocycles. The molecule has 1 aliphatic rings. The van der Waals surface area contributed by atoms with E-state index in [9.17, 15) is 14.9 Å². The van der Waals surface area contributed by atoms with Crippen molar-refractivity contribution in [2.45, 2.75) is 38.6 Å².